The van der Waals surface area contributed by atoms with Gasteiger partial charge in [-0.05, 0) is 121 Å². The fourth-order valence-corrected chi connectivity index (χ4v) is 5.43. The van der Waals surface area contributed by atoms with E-state index >= 15 is 0 Å². The van der Waals surface area contributed by atoms with E-state index in [1.807, 2.05) is 0 Å². The van der Waals surface area contributed by atoms with Crippen molar-refractivity contribution in [3.05, 3.63) is 0 Å². The summed E-state index contributed by atoms with van der Waals surface area (Å²) in [6, 6.07) is 0. The van der Waals surface area contributed by atoms with Crippen molar-refractivity contribution in [1.82, 2.24) is 0 Å². The lowest BCUT2D eigenvalue weighted by atomic mass is 9.83. The second kappa shape index (κ2) is 15.1. The highest BCUT2D eigenvalue weighted by Crippen LogP contribution is 2.40. The maximum atomic E-state index is 10.5. The summed E-state index contributed by atoms with van der Waals surface area (Å²) in [4.78, 5) is 0. The SMILES string of the molecule is CC1(C)OB(CCCOCC(CO)(COCCCB2OC(C)(C)C(C)(C)O2)COCCCB2OC(C)(C)C(C)(C)O2)OC1(C)C. The molecule has 13 heteroatoms. The molecule has 3 fully saturated rings. The molecule has 0 saturated carbocycles. The third-order valence-electron chi connectivity index (χ3n) is 10.7. The highest BCUT2D eigenvalue weighted by Gasteiger charge is 2.52. The van der Waals surface area contributed by atoms with Gasteiger partial charge in [0.1, 0.15) is 0 Å². The summed E-state index contributed by atoms with van der Waals surface area (Å²) in [5.41, 5.74) is -2.74. The molecule has 0 aromatic carbocycles. The molecule has 1 N–H and O–H groups in total. The zero-order chi connectivity index (χ0) is 33.8. The molecule has 0 unspecified atom stereocenters. The molecule has 0 bridgehead atoms. The molecule has 3 rings (SSSR count). The quantitative estimate of drug-likeness (QED) is 0.145. The number of rotatable bonds is 19. The Kier molecular flexibility index (Phi) is 13.2. The Bertz CT molecular complexity index is 767. The summed E-state index contributed by atoms with van der Waals surface area (Å²) in [5, 5.41) is 10.5. The Morgan fingerprint density at radius 1 is 0.444 bits per heavy atom. The molecular formula is C32H63B3O10. The number of aliphatic hydroxyl groups excluding tert-OH is 1. The van der Waals surface area contributed by atoms with Gasteiger partial charge in [0.15, 0.2) is 0 Å². The number of hydrogen-bond acceptors (Lipinski definition) is 10. The highest BCUT2D eigenvalue weighted by atomic mass is 16.7. The molecule has 0 amide bonds. The number of hydrogen-bond donors (Lipinski definition) is 1. The van der Waals surface area contributed by atoms with Crippen LogP contribution in [0.25, 0.3) is 0 Å². The van der Waals surface area contributed by atoms with Crippen LogP contribution >= 0.6 is 0 Å². The molecule has 3 aliphatic heterocycles. The van der Waals surface area contributed by atoms with Crippen molar-refractivity contribution in [1.29, 1.82) is 0 Å². The van der Waals surface area contributed by atoms with Gasteiger partial charge >= 0.3 is 21.4 Å². The first kappa shape index (κ1) is 39.2. The van der Waals surface area contributed by atoms with Crippen LogP contribution in [0, 0.1) is 5.41 Å². The standard InChI is InChI=1S/C32H63B3O10/c1-26(2)27(3,4)41-33(40-26)16-13-19-37-23-32(22-36,24-38-20-14-17-34-42-28(5,6)29(7,8)43-34)25-39-21-15-18-35-44-30(9,10)31(11,12)45-35/h36H,13-25H2,1-12H3. The van der Waals surface area contributed by atoms with Crippen LogP contribution in [0.3, 0.4) is 0 Å². The van der Waals surface area contributed by atoms with Crippen LogP contribution in [0.5, 0.6) is 0 Å². The second-order valence-corrected chi connectivity index (χ2v) is 16.3. The second-order valence-electron chi connectivity index (χ2n) is 16.3. The van der Waals surface area contributed by atoms with Gasteiger partial charge in [-0.2, -0.15) is 0 Å². The molecule has 0 aliphatic carbocycles. The van der Waals surface area contributed by atoms with Crippen LogP contribution in [0.2, 0.25) is 19.0 Å². The van der Waals surface area contributed by atoms with Crippen LogP contribution in [-0.4, -0.2) is 106 Å². The lowest BCUT2D eigenvalue weighted by Gasteiger charge is -2.32. The zero-order valence-electron chi connectivity index (χ0n) is 30.5. The minimum atomic E-state index is -0.682. The average Bonchev–Trinajstić information content (AvgIpc) is 3.34. The Balaban J connectivity index is 1.44. The van der Waals surface area contributed by atoms with Crippen molar-refractivity contribution in [2.75, 3.05) is 46.2 Å². The minimum absolute atomic E-state index is 0.112. The van der Waals surface area contributed by atoms with Gasteiger partial charge < -0.3 is 47.2 Å². The lowest BCUT2D eigenvalue weighted by Crippen LogP contribution is -2.41. The number of ether oxygens (including phenoxy) is 3. The van der Waals surface area contributed by atoms with Gasteiger partial charge in [0.25, 0.3) is 0 Å². The Morgan fingerprint density at radius 3 is 0.867 bits per heavy atom. The maximum Gasteiger partial charge on any atom is 0.457 e. The third kappa shape index (κ3) is 10.2. The number of aliphatic hydroxyl groups is 1. The van der Waals surface area contributed by atoms with E-state index in [1.165, 1.54) is 0 Å². The monoisotopic (exact) mass is 640 g/mol. The molecule has 0 spiro atoms. The molecule has 10 nitrogen and oxygen atoms in total. The molecule has 3 heterocycles. The average molecular weight is 640 g/mol. The van der Waals surface area contributed by atoms with Gasteiger partial charge in [-0.3, -0.25) is 0 Å². The van der Waals surface area contributed by atoms with E-state index in [9.17, 15) is 5.11 Å². The minimum Gasteiger partial charge on any atom is -0.403 e. The van der Waals surface area contributed by atoms with Crippen molar-refractivity contribution in [3.8, 4) is 0 Å². The van der Waals surface area contributed by atoms with Gasteiger partial charge in [0, 0.05) is 19.8 Å². The van der Waals surface area contributed by atoms with Gasteiger partial charge in [0.2, 0.25) is 0 Å². The fraction of sp³-hybridized carbons (Fsp3) is 1.00. The lowest BCUT2D eigenvalue weighted by molar-refractivity contribution is -0.0927. The predicted molar refractivity (Wildman–Crippen MR) is 178 cm³/mol. The maximum absolute atomic E-state index is 10.5. The van der Waals surface area contributed by atoms with E-state index < -0.39 is 5.41 Å². The molecule has 45 heavy (non-hydrogen) atoms. The summed E-state index contributed by atoms with van der Waals surface area (Å²) in [7, 11) is -0.748. The van der Waals surface area contributed by atoms with Crippen LogP contribution in [0.4, 0.5) is 0 Å². The van der Waals surface area contributed by atoms with Crippen LogP contribution in [-0.2, 0) is 42.1 Å². The smallest absolute Gasteiger partial charge is 0.403 e. The Labute approximate surface area is 275 Å². The van der Waals surface area contributed by atoms with Gasteiger partial charge in [-0.1, -0.05) is 0 Å². The van der Waals surface area contributed by atoms with Crippen molar-refractivity contribution < 1.29 is 47.2 Å². The van der Waals surface area contributed by atoms with Gasteiger partial charge in [-0.25, -0.2) is 0 Å². The zero-order valence-corrected chi connectivity index (χ0v) is 30.5. The van der Waals surface area contributed by atoms with Gasteiger partial charge in [0.05, 0.1) is 65.4 Å². The van der Waals surface area contributed by atoms with E-state index in [1.54, 1.807) is 0 Å². The third-order valence-corrected chi connectivity index (χ3v) is 10.7. The molecule has 260 valence electrons. The fourth-order valence-electron chi connectivity index (χ4n) is 5.43. The van der Waals surface area contributed by atoms with Crippen LogP contribution in [0.1, 0.15) is 102 Å². The predicted octanol–water partition coefficient (Wildman–Crippen LogP) is 5.46. The first-order valence-corrected chi connectivity index (χ1v) is 17.1. The molecule has 0 aromatic heterocycles. The summed E-state index contributed by atoms with van der Waals surface area (Å²) in [6.07, 6.45) is 4.56. The van der Waals surface area contributed by atoms with E-state index in [0.29, 0.717) is 39.6 Å². The molecular weight excluding hydrogens is 577 g/mol. The molecule has 0 radical (unpaired) electrons. The molecule has 0 atom stereocenters. The topological polar surface area (TPSA) is 103 Å². The van der Waals surface area contributed by atoms with Crippen molar-refractivity contribution in [3.63, 3.8) is 0 Å². The first-order valence-electron chi connectivity index (χ1n) is 17.1. The van der Waals surface area contributed by atoms with Crippen molar-refractivity contribution >= 4 is 21.4 Å². The normalized spacial score (nSPS) is 24.6. The Morgan fingerprint density at radius 2 is 0.667 bits per heavy atom. The summed E-state index contributed by atoms with van der Waals surface area (Å²) >= 11 is 0. The van der Waals surface area contributed by atoms with E-state index in [4.69, 9.17) is 42.1 Å². The summed E-state index contributed by atoms with van der Waals surface area (Å²) in [6.45, 7) is 27.1. The van der Waals surface area contributed by atoms with E-state index in [0.717, 1.165) is 38.2 Å². The van der Waals surface area contributed by atoms with E-state index in [2.05, 4.69) is 83.1 Å². The Hall–Kier alpha value is -0.205. The highest BCUT2D eigenvalue weighted by molar-refractivity contribution is 6.46. The van der Waals surface area contributed by atoms with Crippen molar-refractivity contribution in [2.24, 2.45) is 5.41 Å². The van der Waals surface area contributed by atoms with Crippen LogP contribution < -0.4 is 0 Å². The summed E-state index contributed by atoms with van der Waals surface area (Å²) < 4.78 is 55.0. The molecule has 0 aromatic rings. The van der Waals surface area contributed by atoms with Crippen molar-refractivity contribution in [2.45, 2.75) is 155 Å². The van der Waals surface area contributed by atoms with E-state index in [-0.39, 0.29) is 61.6 Å². The largest absolute Gasteiger partial charge is 0.457 e. The van der Waals surface area contributed by atoms with Crippen LogP contribution in [0.15, 0.2) is 0 Å². The van der Waals surface area contributed by atoms with Gasteiger partial charge in [-0.15, -0.1) is 0 Å². The first-order chi connectivity index (χ1) is 20.7. The summed E-state index contributed by atoms with van der Waals surface area (Å²) in [5.74, 6) is 0. The molecule has 3 aliphatic rings. The molecule has 3 saturated heterocycles.